The fourth-order valence-corrected chi connectivity index (χ4v) is 1.81. The van der Waals surface area contributed by atoms with Gasteiger partial charge in [-0.1, -0.05) is 17.7 Å². The van der Waals surface area contributed by atoms with Crippen molar-refractivity contribution >= 4 is 5.69 Å². The molecule has 0 atom stereocenters. The van der Waals surface area contributed by atoms with Gasteiger partial charge in [0.25, 0.3) is 0 Å². The van der Waals surface area contributed by atoms with Crippen LogP contribution in [0.2, 0.25) is 0 Å². The van der Waals surface area contributed by atoms with Gasteiger partial charge in [0.1, 0.15) is 11.6 Å². The number of nitrogens with two attached hydrogens (primary N) is 1. The molecule has 0 spiro atoms. The fourth-order valence-electron chi connectivity index (χ4n) is 1.81. The third-order valence-electron chi connectivity index (χ3n) is 2.77. The molecule has 2 aromatic rings. The molecule has 0 unspecified atom stereocenters. The molecular weight excluding hydrogens is 263 g/mol. The molecule has 20 heavy (non-hydrogen) atoms. The van der Waals surface area contributed by atoms with Crippen molar-refractivity contribution in [2.75, 3.05) is 0 Å². The van der Waals surface area contributed by atoms with Crippen LogP contribution in [0.5, 0.6) is 11.5 Å². The van der Waals surface area contributed by atoms with Gasteiger partial charge in [-0.05, 0) is 19.1 Å². The van der Waals surface area contributed by atoms with Crippen molar-refractivity contribution < 1.29 is 14.1 Å². The predicted octanol–water partition coefficient (Wildman–Crippen LogP) is 3.29. The lowest BCUT2D eigenvalue weighted by Crippen LogP contribution is -2.01. The highest BCUT2D eigenvalue weighted by molar-refractivity contribution is 5.50. The zero-order chi connectivity index (χ0) is 14.7. The lowest BCUT2D eigenvalue weighted by atomic mass is 10.1. The average Bonchev–Trinajstić information content (AvgIpc) is 2.40. The Kier molecular flexibility index (Phi) is 3.95. The van der Waals surface area contributed by atoms with Gasteiger partial charge in [-0.3, -0.25) is 10.1 Å². The monoisotopic (exact) mass is 276 g/mol. The first kappa shape index (κ1) is 14.0. The highest BCUT2D eigenvalue weighted by atomic mass is 19.1. The largest absolute Gasteiger partial charge is 0.450 e. The summed E-state index contributed by atoms with van der Waals surface area (Å²) < 4.78 is 18.7. The summed E-state index contributed by atoms with van der Waals surface area (Å²) in [6, 6.07) is 8.34. The van der Waals surface area contributed by atoms with E-state index >= 15 is 0 Å². The summed E-state index contributed by atoms with van der Waals surface area (Å²) in [6.45, 7) is 2.12. The normalized spacial score (nSPS) is 10.3. The van der Waals surface area contributed by atoms with Gasteiger partial charge >= 0.3 is 5.69 Å². The fraction of sp³-hybridized carbons (Fsp3) is 0.143. The highest BCUT2D eigenvalue weighted by Gasteiger charge is 2.17. The van der Waals surface area contributed by atoms with Crippen molar-refractivity contribution in [1.29, 1.82) is 0 Å². The summed E-state index contributed by atoms with van der Waals surface area (Å²) in [5, 5.41) is 10.9. The van der Waals surface area contributed by atoms with Crippen molar-refractivity contribution in [2.45, 2.75) is 13.5 Å². The Balaban J connectivity index is 2.44. The third-order valence-corrected chi connectivity index (χ3v) is 2.77. The minimum atomic E-state index is -0.620. The molecule has 0 aromatic heterocycles. The van der Waals surface area contributed by atoms with Crippen LogP contribution in [0.1, 0.15) is 11.1 Å². The van der Waals surface area contributed by atoms with E-state index in [4.69, 9.17) is 10.5 Å². The molecule has 0 amide bonds. The molecule has 0 saturated heterocycles. The number of rotatable bonds is 4. The van der Waals surface area contributed by atoms with Crippen molar-refractivity contribution in [1.82, 2.24) is 0 Å². The minimum absolute atomic E-state index is 0.145. The standard InChI is InChI=1S/C14H13FN2O3/c1-9-2-5-13(10(6-9)8-16)20-14-7-11(15)3-4-12(14)17(18)19/h2-7H,8,16H2,1H3. The molecular formula is C14H13FN2O3. The Morgan fingerprint density at radius 2 is 2.00 bits per heavy atom. The molecule has 0 bridgehead atoms. The molecule has 2 rings (SSSR count). The van der Waals surface area contributed by atoms with Crippen molar-refractivity contribution in [3.63, 3.8) is 0 Å². The van der Waals surface area contributed by atoms with Gasteiger partial charge in [-0.2, -0.15) is 0 Å². The van der Waals surface area contributed by atoms with Crippen molar-refractivity contribution in [2.24, 2.45) is 5.73 Å². The molecule has 0 fully saturated rings. The van der Waals surface area contributed by atoms with E-state index in [2.05, 4.69) is 0 Å². The first-order valence-electron chi connectivity index (χ1n) is 5.92. The number of hydrogen-bond acceptors (Lipinski definition) is 4. The second-order valence-electron chi connectivity index (χ2n) is 4.29. The van der Waals surface area contributed by atoms with Crippen LogP contribution >= 0.6 is 0 Å². The van der Waals surface area contributed by atoms with Crippen molar-refractivity contribution in [3.05, 3.63) is 63.5 Å². The Bertz CT molecular complexity index is 659. The van der Waals surface area contributed by atoms with E-state index in [9.17, 15) is 14.5 Å². The van der Waals surface area contributed by atoms with E-state index < -0.39 is 10.7 Å². The first-order valence-corrected chi connectivity index (χ1v) is 5.92. The molecule has 2 N–H and O–H groups in total. The Hall–Kier alpha value is -2.47. The van der Waals surface area contributed by atoms with Crippen LogP contribution in [0.25, 0.3) is 0 Å². The number of nitrogens with zero attached hydrogens (tertiary/aromatic N) is 1. The lowest BCUT2D eigenvalue weighted by molar-refractivity contribution is -0.385. The number of halogens is 1. The van der Waals surface area contributed by atoms with Crippen molar-refractivity contribution in [3.8, 4) is 11.5 Å². The smallest absolute Gasteiger partial charge is 0.311 e. The zero-order valence-corrected chi connectivity index (χ0v) is 10.8. The summed E-state index contributed by atoms with van der Waals surface area (Å²) in [4.78, 5) is 10.3. The van der Waals surface area contributed by atoms with E-state index in [0.29, 0.717) is 11.3 Å². The molecule has 0 aliphatic carbocycles. The van der Waals surface area contributed by atoms with E-state index in [-0.39, 0.29) is 18.0 Å². The number of nitro benzene ring substituents is 1. The van der Waals surface area contributed by atoms with Crippen LogP contribution in [0.15, 0.2) is 36.4 Å². The quantitative estimate of drug-likeness (QED) is 0.686. The van der Waals surface area contributed by atoms with Gasteiger partial charge in [0.05, 0.1) is 4.92 Å². The SMILES string of the molecule is Cc1ccc(Oc2cc(F)ccc2[N+](=O)[O-])c(CN)c1. The van der Waals surface area contributed by atoms with E-state index in [1.54, 1.807) is 12.1 Å². The summed E-state index contributed by atoms with van der Waals surface area (Å²) in [5.74, 6) is -0.368. The minimum Gasteiger partial charge on any atom is -0.450 e. The molecule has 2 aromatic carbocycles. The topological polar surface area (TPSA) is 78.4 Å². The Morgan fingerprint density at radius 3 is 2.65 bits per heavy atom. The Labute approximate surface area is 114 Å². The molecule has 5 nitrogen and oxygen atoms in total. The summed E-state index contributed by atoms with van der Waals surface area (Å²) >= 11 is 0. The van der Waals surface area contributed by atoms with Gasteiger partial charge in [0.2, 0.25) is 5.75 Å². The van der Waals surface area contributed by atoms with Gasteiger partial charge < -0.3 is 10.5 Å². The molecule has 0 radical (unpaired) electrons. The van der Waals surface area contributed by atoms with Gasteiger partial charge in [-0.25, -0.2) is 4.39 Å². The molecule has 0 aliphatic heterocycles. The van der Waals surface area contributed by atoms with Crippen LogP contribution in [-0.4, -0.2) is 4.92 Å². The zero-order valence-electron chi connectivity index (χ0n) is 10.8. The van der Waals surface area contributed by atoms with Crippen LogP contribution in [0.4, 0.5) is 10.1 Å². The number of nitro groups is 1. The van der Waals surface area contributed by atoms with Gasteiger partial charge in [0, 0.05) is 24.2 Å². The van der Waals surface area contributed by atoms with E-state index in [0.717, 1.165) is 23.8 Å². The van der Waals surface area contributed by atoms with Crippen LogP contribution in [-0.2, 0) is 6.54 Å². The average molecular weight is 276 g/mol. The van der Waals surface area contributed by atoms with Crippen LogP contribution in [0.3, 0.4) is 0 Å². The second-order valence-corrected chi connectivity index (χ2v) is 4.29. The van der Waals surface area contributed by atoms with Gasteiger partial charge in [0.15, 0.2) is 0 Å². The highest BCUT2D eigenvalue weighted by Crippen LogP contribution is 2.33. The number of aryl methyl sites for hydroxylation is 1. The molecule has 0 saturated carbocycles. The van der Waals surface area contributed by atoms with Gasteiger partial charge in [-0.15, -0.1) is 0 Å². The lowest BCUT2D eigenvalue weighted by Gasteiger charge is -2.11. The maximum absolute atomic E-state index is 13.2. The maximum atomic E-state index is 13.2. The summed E-state index contributed by atoms with van der Waals surface area (Å²) in [7, 11) is 0. The predicted molar refractivity (Wildman–Crippen MR) is 72.2 cm³/mol. The third kappa shape index (κ3) is 2.92. The molecule has 0 aliphatic rings. The van der Waals surface area contributed by atoms with Crippen LogP contribution in [0, 0.1) is 22.9 Å². The summed E-state index contributed by atoms with van der Waals surface area (Å²) in [5.41, 5.74) is 7.01. The Morgan fingerprint density at radius 1 is 1.25 bits per heavy atom. The number of benzene rings is 2. The van der Waals surface area contributed by atoms with E-state index in [1.807, 2.05) is 13.0 Å². The van der Waals surface area contributed by atoms with Crippen LogP contribution < -0.4 is 10.5 Å². The first-order chi connectivity index (χ1) is 9.51. The molecule has 6 heteroatoms. The maximum Gasteiger partial charge on any atom is 0.311 e. The molecule has 104 valence electrons. The molecule has 0 heterocycles. The number of ether oxygens (including phenoxy) is 1. The number of hydrogen-bond donors (Lipinski definition) is 1. The second kappa shape index (κ2) is 5.66. The summed E-state index contributed by atoms with van der Waals surface area (Å²) in [6.07, 6.45) is 0. The van der Waals surface area contributed by atoms with E-state index in [1.165, 1.54) is 0 Å².